The highest BCUT2D eigenvalue weighted by Gasteiger charge is 2.23. The van der Waals surface area contributed by atoms with Gasteiger partial charge in [0.25, 0.3) is 0 Å². The molecule has 116 valence electrons. The lowest BCUT2D eigenvalue weighted by molar-refractivity contribution is -0.138. The highest BCUT2D eigenvalue weighted by atomic mass is 16.4. The van der Waals surface area contributed by atoms with E-state index in [4.69, 9.17) is 5.11 Å². The second kappa shape index (κ2) is 8.09. The van der Waals surface area contributed by atoms with Crippen LogP contribution in [-0.2, 0) is 4.79 Å². The lowest BCUT2D eigenvalue weighted by Gasteiger charge is -2.34. The minimum atomic E-state index is -0.879. The summed E-state index contributed by atoms with van der Waals surface area (Å²) < 4.78 is 0. The Labute approximate surface area is 121 Å². The molecule has 1 saturated heterocycles. The van der Waals surface area contributed by atoms with Gasteiger partial charge >= 0.3 is 12.0 Å². The molecular formula is C14H27N3O3. The van der Waals surface area contributed by atoms with Gasteiger partial charge in [0.1, 0.15) is 0 Å². The second-order valence-electron chi connectivity index (χ2n) is 5.55. The van der Waals surface area contributed by atoms with Crippen LogP contribution in [0, 0.1) is 0 Å². The third-order valence-electron chi connectivity index (χ3n) is 4.01. The number of nitrogens with zero attached hydrogens (tertiary/aromatic N) is 2. The average Bonchev–Trinajstić information content (AvgIpc) is 2.37. The number of rotatable bonds is 6. The molecule has 6 heteroatoms. The zero-order valence-electron chi connectivity index (χ0n) is 12.8. The van der Waals surface area contributed by atoms with Crippen LogP contribution < -0.4 is 5.32 Å². The largest absolute Gasteiger partial charge is 0.481 e. The van der Waals surface area contributed by atoms with E-state index < -0.39 is 5.97 Å². The highest BCUT2D eigenvalue weighted by molar-refractivity contribution is 5.75. The van der Waals surface area contributed by atoms with Crippen LogP contribution in [0.15, 0.2) is 0 Å². The van der Waals surface area contributed by atoms with Gasteiger partial charge < -0.3 is 20.2 Å². The number of carboxylic acids is 1. The van der Waals surface area contributed by atoms with Crippen molar-refractivity contribution in [2.24, 2.45) is 0 Å². The molecule has 1 heterocycles. The quantitative estimate of drug-likeness (QED) is 0.773. The van der Waals surface area contributed by atoms with Crippen LogP contribution in [-0.4, -0.2) is 65.7 Å². The molecular weight excluding hydrogens is 258 g/mol. The summed E-state index contributed by atoms with van der Waals surface area (Å²) in [5, 5.41) is 11.8. The number of carbonyl (C=O) groups excluding carboxylic acids is 1. The van der Waals surface area contributed by atoms with Gasteiger partial charge in [-0.3, -0.25) is 4.79 Å². The van der Waals surface area contributed by atoms with Crippen molar-refractivity contribution in [3.8, 4) is 0 Å². The van der Waals surface area contributed by atoms with Crippen molar-refractivity contribution in [2.75, 3.05) is 26.7 Å². The van der Waals surface area contributed by atoms with E-state index in [1.807, 2.05) is 6.92 Å². The first-order valence-corrected chi connectivity index (χ1v) is 7.42. The maximum absolute atomic E-state index is 12.1. The SMILES string of the molecule is CCN(C(=O)NCC1CCCCN1C)C(C)CC(=O)O. The molecule has 20 heavy (non-hydrogen) atoms. The lowest BCUT2D eigenvalue weighted by Crippen LogP contribution is -2.50. The number of likely N-dealkylation sites (N-methyl/N-ethyl adjacent to an activating group) is 1. The van der Waals surface area contributed by atoms with Gasteiger partial charge in [0.2, 0.25) is 0 Å². The summed E-state index contributed by atoms with van der Waals surface area (Å²) in [6.07, 6.45) is 3.51. The number of urea groups is 1. The highest BCUT2D eigenvalue weighted by Crippen LogP contribution is 2.14. The van der Waals surface area contributed by atoms with E-state index in [2.05, 4.69) is 17.3 Å². The molecule has 0 radical (unpaired) electrons. The van der Waals surface area contributed by atoms with Gasteiger partial charge in [-0.15, -0.1) is 0 Å². The van der Waals surface area contributed by atoms with Crippen LogP contribution in [0.5, 0.6) is 0 Å². The van der Waals surface area contributed by atoms with Gasteiger partial charge in [-0.2, -0.15) is 0 Å². The number of carboxylic acid groups (broad SMARTS) is 1. The first-order chi connectivity index (χ1) is 9.45. The minimum Gasteiger partial charge on any atom is -0.481 e. The molecule has 0 aliphatic carbocycles. The molecule has 1 aliphatic heterocycles. The Hall–Kier alpha value is -1.30. The summed E-state index contributed by atoms with van der Waals surface area (Å²) in [5.74, 6) is -0.879. The molecule has 0 bridgehead atoms. The first-order valence-electron chi connectivity index (χ1n) is 7.42. The van der Waals surface area contributed by atoms with E-state index in [1.54, 1.807) is 11.8 Å². The molecule has 1 fully saturated rings. The Kier molecular flexibility index (Phi) is 6.78. The zero-order valence-corrected chi connectivity index (χ0v) is 12.8. The van der Waals surface area contributed by atoms with Crippen LogP contribution in [0.4, 0.5) is 4.79 Å². The summed E-state index contributed by atoms with van der Waals surface area (Å²) in [4.78, 5) is 26.7. The fourth-order valence-electron chi connectivity index (χ4n) is 2.73. The van der Waals surface area contributed by atoms with E-state index >= 15 is 0 Å². The molecule has 0 aromatic heterocycles. The van der Waals surface area contributed by atoms with Crippen LogP contribution >= 0.6 is 0 Å². The molecule has 1 aliphatic rings. The standard InChI is InChI=1S/C14H27N3O3/c1-4-17(11(2)9-13(18)19)14(20)15-10-12-7-5-6-8-16(12)3/h11-12H,4-10H2,1-3H3,(H,15,20)(H,18,19). The van der Waals surface area contributed by atoms with Crippen LogP contribution in [0.2, 0.25) is 0 Å². The Balaban J connectivity index is 2.44. The Morgan fingerprint density at radius 3 is 2.70 bits per heavy atom. The lowest BCUT2D eigenvalue weighted by atomic mass is 10.0. The van der Waals surface area contributed by atoms with Crippen LogP contribution in [0.1, 0.15) is 39.5 Å². The van der Waals surface area contributed by atoms with E-state index in [9.17, 15) is 9.59 Å². The predicted molar refractivity (Wildman–Crippen MR) is 77.8 cm³/mol. The van der Waals surface area contributed by atoms with Gasteiger partial charge in [-0.1, -0.05) is 6.42 Å². The number of nitrogens with one attached hydrogen (secondary N) is 1. The number of carbonyl (C=O) groups is 2. The number of hydrogen-bond acceptors (Lipinski definition) is 3. The Bertz CT molecular complexity index is 336. The van der Waals surface area contributed by atoms with E-state index in [-0.39, 0.29) is 18.5 Å². The van der Waals surface area contributed by atoms with Crippen molar-refractivity contribution in [1.29, 1.82) is 0 Å². The monoisotopic (exact) mass is 285 g/mol. The topological polar surface area (TPSA) is 72.9 Å². The molecule has 2 N–H and O–H groups in total. The van der Waals surface area contributed by atoms with E-state index in [1.165, 1.54) is 12.8 Å². The average molecular weight is 285 g/mol. The maximum Gasteiger partial charge on any atom is 0.317 e. The molecule has 0 spiro atoms. The molecule has 0 saturated carbocycles. The number of likely N-dealkylation sites (tertiary alicyclic amines) is 1. The van der Waals surface area contributed by atoms with Crippen molar-refractivity contribution in [3.63, 3.8) is 0 Å². The smallest absolute Gasteiger partial charge is 0.317 e. The van der Waals surface area contributed by atoms with Crippen molar-refractivity contribution in [2.45, 2.75) is 51.6 Å². The number of hydrogen-bond donors (Lipinski definition) is 2. The van der Waals surface area contributed by atoms with Crippen molar-refractivity contribution in [3.05, 3.63) is 0 Å². The molecule has 0 aromatic carbocycles. The van der Waals surface area contributed by atoms with Crippen LogP contribution in [0.25, 0.3) is 0 Å². The van der Waals surface area contributed by atoms with Crippen molar-refractivity contribution < 1.29 is 14.7 Å². The summed E-state index contributed by atoms with van der Waals surface area (Å²) in [5.41, 5.74) is 0. The summed E-state index contributed by atoms with van der Waals surface area (Å²) in [7, 11) is 2.08. The Morgan fingerprint density at radius 1 is 1.45 bits per heavy atom. The van der Waals surface area contributed by atoms with Gasteiger partial charge in [-0.05, 0) is 40.3 Å². The van der Waals surface area contributed by atoms with Crippen molar-refractivity contribution >= 4 is 12.0 Å². The fourth-order valence-corrected chi connectivity index (χ4v) is 2.73. The minimum absolute atomic E-state index is 0.0232. The maximum atomic E-state index is 12.1. The molecule has 0 aromatic rings. The van der Waals surface area contributed by atoms with Crippen molar-refractivity contribution in [1.82, 2.24) is 15.1 Å². The fraction of sp³-hybridized carbons (Fsp3) is 0.857. The molecule has 2 atom stereocenters. The van der Waals surface area contributed by atoms with E-state index in [0.717, 1.165) is 13.0 Å². The molecule has 2 amide bonds. The van der Waals surface area contributed by atoms with Gasteiger partial charge in [0, 0.05) is 25.2 Å². The Morgan fingerprint density at radius 2 is 2.15 bits per heavy atom. The van der Waals surface area contributed by atoms with E-state index in [0.29, 0.717) is 19.1 Å². The molecule has 2 unspecified atom stereocenters. The second-order valence-corrected chi connectivity index (χ2v) is 5.55. The van der Waals surface area contributed by atoms with Crippen LogP contribution in [0.3, 0.4) is 0 Å². The molecule has 1 rings (SSSR count). The number of aliphatic carboxylic acids is 1. The molecule has 6 nitrogen and oxygen atoms in total. The normalized spacial score (nSPS) is 21.2. The summed E-state index contributed by atoms with van der Waals surface area (Å²) in [6, 6.07) is -0.0667. The first kappa shape index (κ1) is 16.8. The van der Waals surface area contributed by atoms with Gasteiger partial charge in [-0.25, -0.2) is 4.79 Å². The summed E-state index contributed by atoms with van der Waals surface area (Å²) in [6.45, 7) is 5.86. The number of amides is 2. The summed E-state index contributed by atoms with van der Waals surface area (Å²) >= 11 is 0. The zero-order chi connectivity index (χ0) is 15.1. The predicted octanol–water partition coefficient (Wildman–Crippen LogP) is 1.37. The van der Waals surface area contributed by atoms with Gasteiger partial charge in [0.15, 0.2) is 0 Å². The third kappa shape index (κ3) is 5.00. The van der Waals surface area contributed by atoms with Gasteiger partial charge in [0.05, 0.1) is 6.42 Å². The third-order valence-corrected chi connectivity index (χ3v) is 4.01. The number of piperidine rings is 1.